The molecular formula is C21H32ClNO3. The van der Waals surface area contributed by atoms with Gasteiger partial charge in [-0.3, -0.25) is 4.79 Å². The van der Waals surface area contributed by atoms with Gasteiger partial charge in [0.25, 0.3) is 0 Å². The molecule has 1 amide bonds. The number of rotatable bonds is 7. The summed E-state index contributed by atoms with van der Waals surface area (Å²) in [6.45, 7) is 9.49. The molecule has 1 heterocycles. The van der Waals surface area contributed by atoms with E-state index in [0.29, 0.717) is 25.6 Å². The summed E-state index contributed by atoms with van der Waals surface area (Å²) < 4.78 is 11.2. The third-order valence-electron chi connectivity index (χ3n) is 4.93. The summed E-state index contributed by atoms with van der Waals surface area (Å²) in [4.78, 5) is 14.2. The summed E-state index contributed by atoms with van der Waals surface area (Å²) in [7, 11) is 1.67. The van der Waals surface area contributed by atoms with E-state index in [1.165, 1.54) is 0 Å². The third-order valence-corrected chi connectivity index (χ3v) is 5.17. The number of benzene rings is 1. The molecule has 0 atom stereocenters. The summed E-state index contributed by atoms with van der Waals surface area (Å²) >= 11 is 6.16. The van der Waals surface area contributed by atoms with Crippen LogP contribution < -0.4 is 4.74 Å². The summed E-state index contributed by atoms with van der Waals surface area (Å²) in [6, 6.07) is 5.85. The average Bonchev–Trinajstić information content (AvgIpc) is 2.60. The number of halogens is 1. The van der Waals surface area contributed by atoms with E-state index in [-0.39, 0.29) is 11.3 Å². The van der Waals surface area contributed by atoms with Gasteiger partial charge in [0.15, 0.2) is 0 Å². The number of likely N-dealkylation sites (tertiary alicyclic amines) is 1. The Kier molecular flexibility index (Phi) is 7.78. The Labute approximate surface area is 162 Å². The molecular weight excluding hydrogens is 350 g/mol. The Morgan fingerprint density at radius 1 is 1.27 bits per heavy atom. The smallest absolute Gasteiger partial charge is 0.222 e. The fraction of sp³-hybridized carbons (Fsp3) is 0.667. The maximum atomic E-state index is 12.2. The molecule has 0 saturated carbocycles. The highest BCUT2D eigenvalue weighted by atomic mass is 35.5. The Morgan fingerprint density at radius 2 is 1.96 bits per heavy atom. The molecule has 0 radical (unpaired) electrons. The fourth-order valence-electron chi connectivity index (χ4n) is 3.30. The van der Waals surface area contributed by atoms with E-state index in [4.69, 9.17) is 21.1 Å². The van der Waals surface area contributed by atoms with Crippen molar-refractivity contribution in [2.75, 3.05) is 33.4 Å². The predicted molar refractivity (Wildman–Crippen MR) is 106 cm³/mol. The fourth-order valence-corrected chi connectivity index (χ4v) is 3.47. The second-order valence-electron chi connectivity index (χ2n) is 8.12. The molecule has 0 spiro atoms. The second-order valence-corrected chi connectivity index (χ2v) is 8.56. The Balaban J connectivity index is 1.83. The second kappa shape index (κ2) is 9.61. The van der Waals surface area contributed by atoms with Gasteiger partial charge in [-0.15, -0.1) is 0 Å². The predicted octanol–water partition coefficient (Wildman–Crippen LogP) is 4.68. The maximum Gasteiger partial charge on any atom is 0.222 e. The Morgan fingerprint density at radius 3 is 2.58 bits per heavy atom. The van der Waals surface area contributed by atoms with Gasteiger partial charge in [-0.1, -0.05) is 32.4 Å². The van der Waals surface area contributed by atoms with Crippen molar-refractivity contribution in [3.8, 4) is 5.75 Å². The van der Waals surface area contributed by atoms with Gasteiger partial charge in [0.05, 0.1) is 6.61 Å². The van der Waals surface area contributed by atoms with E-state index < -0.39 is 0 Å². The first-order valence-electron chi connectivity index (χ1n) is 9.51. The van der Waals surface area contributed by atoms with Gasteiger partial charge in [-0.05, 0) is 48.8 Å². The van der Waals surface area contributed by atoms with E-state index in [9.17, 15) is 4.79 Å². The number of amides is 1. The molecule has 0 N–H and O–H groups in total. The van der Waals surface area contributed by atoms with E-state index in [2.05, 4.69) is 20.8 Å². The number of carbonyl (C=O) groups is 1. The molecule has 0 aromatic heterocycles. The van der Waals surface area contributed by atoms with Crippen LogP contribution in [0.3, 0.4) is 0 Å². The van der Waals surface area contributed by atoms with Crippen LogP contribution in [0.15, 0.2) is 18.2 Å². The van der Waals surface area contributed by atoms with E-state index in [1.807, 2.05) is 23.1 Å². The quantitative estimate of drug-likeness (QED) is 0.643. The van der Waals surface area contributed by atoms with Crippen molar-refractivity contribution in [2.24, 2.45) is 5.92 Å². The number of piperidine rings is 1. The molecule has 0 bridgehead atoms. The minimum atomic E-state index is -0.0157. The molecule has 1 aromatic carbocycles. The molecule has 2 rings (SSSR count). The zero-order valence-corrected chi connectivity index (χ0v) is 17.3. The van der Waals surface area contributed by atoms with Crippen molar-refractivity contribution in [3.63, 3.8) is 0 Å². The number of nitrogens with zero attached hydrogens (tertiary/aromatic N) is 1. The van der Waals surface area contributed by atoms with Gasteiger partial charge >= 0.3 is 0 Å². The van der Waals surface area contributed by atoms with Gasteiger partial charge in [0.1, 0.15) is 5.75 Å². The van der Waals surface area contributed by atoms with Crippen LogP contribution in [0.2, 0.25) is 5.02 Å². The standard InChI is InChI=1S/C21H32ClNO3/c1-21(2,3)18-14-17(22)7-8-19(18)26-15-16-9-11-23(12-10-16)20(24)6-5-13-25-4/h7-8,14,16H,5-6,9-13,15H2,1-4H3. The van der Waals surface area contributed by atoms with Gasteiger partial charge < -0.3 is 14.4 Å². The van der Waals surface area contributed by atoms with Crippen molar-refractivity contribution >= 4 is 17.5 Å². The summed E-state index contributed by atoms with van der Waals surface area (Å²) in [5, 5.41) is 0.738. The molecule has 0 aliphatic carbocycles. The lowest BCUT2D eigenvalue weighted by atomic mass is 9.86. The summed E-state index contributed by atoms with van der Waals surface area (Å²) in [6.07, 6.45) is 3.36. The van der Waals surface area contributed by atoms with Crippen molar-refractivity contribution in [3.05, 3.63) is 28.8 Å². The number of hydrogen-bond donors (Lipinski definition) is 0. The van der Waals surface area contributed by atoms with Crippen LogP contribution in [0.4, 0.5) is 0 Å². The first-order valence-corrected chi connectivity index (χ1v) is 9.88. The zero-order valence-electron chi connectivity index (χ0n) is 16.5. The monoisotopic (exact) mass is 381 g/mol. The average molecular weight is 382 g/mol. The van der Waals surface area contributed by atoms with Crippen LogP contribution in [0.5, 0.6) is 5.75 Å². The van der Waals surface area contributed by atoms with Crippen LogP contribution in [0.25, 0.3) is 0 Å². The summed E-state index contributed by atoms with van der Waals surface area (Å²) in [5.41, 5.74) is 1.12. The maximum absolute atomic E-state index is 12.2. The Hall–Kier alpha value is -1.26. The third kappa shape index (κ3) is 6.17. The van der Waals surface area contributed by atoms with Crippen molar-refractivity contribution in [1.29, 1.82) is 0 Å². The van der Waals surface area contributed by atoms with Crippen molar-refractivity contribution in [1.82, 2.24) is 4.90 Å². The van der Waals surface area contributed by atoms with Crippen LogP contribution in [-0.2, 0) is 14.9 Å². The number of carbonyl (C=O) groups excluding carboxylic acids is 1. The lowest BCUT2D eigenvalue weighted by Crippen LogP contribution is -2.39. The van der Waals surface area contributed by atoms with E-state index in [0.717, 1.165) is 48.7 Å². The minimum absolute atomic E-state index is 0.0157. The largest absolute Gasteiger partial charge is 0.493 e. The topological polar surface area (TPSA) is 38.8 Å². The van der Waals surface area contributed by atoms with Gasteiger partial charge in [-0.2, -0.15) is 0 Å². The first kappa shape index (κ1) is 21.0. The first-order chi connectivity index (χ1) is 12.3. The molecule has 4 nitrogen and oxygen atoms in total. The van der Waals surface area contributed by atoms with Gasteiger partial charge in [-0.25, -0.2) is 0 Å². The highest BCUT2D eigenvalue weighted by Gasteiger charge is 2.24. The van der Waals surface area contributed by atoms with Gasteiger partial charge in [0.2, 0.25) is 5.91 Å². The van der Waals surface area contributed by atoms with E-state index >= 15 is 0 Å². The highest BCUT2D eigenvalue weighted by molar-refractivity contribution is 6.30. The molecule has 0 unspecified atom stereocenters. The molecule has 1 aliphatic heterocycles. The number of hydrogen-bond acceptors (Lipinski definition) is 3. The molecule has 1 aliphatic rings. The Bertz CT molecular complexity index is 589. The molecule has 146 valence electrons. The minimum Gasteiger partial charge on any atom is -0.493 e. The van der Waals surface area contributed by atoms with Crippen molar-refractivity contribution in [2.45, 2.75) is 51.9 Å². The lowest BCUT2D eigenvalue weighted by molar-refractivity contribution is -0.133. The van der Waals surface area contributed by atoms with Crippen LogP contribution in [0.1, 0.15) is 52.0 Å². The van der Waals surface area contributed by atoms with Crippen molar-refractivity contribution < 1.29 is 14.3 Å². The van der Waals surface area contributed by atoms with Crippen LogP contribution in [0, 0.1) is 5.92 Å². The number of methoxy groups -OCH3 is 1. The molecule has 26 heavy (non-hydrogen) atoms. The lowest BCUT2D eigenvalue weighted by Gasteiger charge is -2.32. The molecule has 5 heteroatoms. The van der Waals surface area contributed by atoms with Crippen LogP contribution >= 0.6 is 11.6 Å². The van der Waals surface area contributed by atoms with Crippen LogP contribution in [-0.4, -0.2) is 44.2 Å². The SMILES string of the molecule is COCCCC(=O)N1CCC(COc2ccc(Cl)cc2C(C)(C)C)CC1. The normalized spacial score (nSPS) is 16.0. The number of ether oxygens (including phenoxy) is 2. The van der Waals surface area contributed by atoms with Gasteiger partial charge in [0, 0.05) is 43.8 Å². The molecule has 1 fully saturated rings. The zero-order chi connectivity index (χ0) is 19.2. The highest BCUT2D eigenvalue weighted by Crippen LogP contribution is 2.34. The molecule has 1 aromatic rings. The molecule has 1 saturated heterocycles. The summed E-state index contributed by atoms with van der Waals surface area (Å²) in [5.74, 6) is 1.65. The van der Waals surface area contributed by atoms with E-state index in [1.54, 1.807) is 7.11 Å².